The molecule has 1 heterocycles. The number of hydrogen-bond donors (Lipinski definition) is 1. The highest BCUT2D eigenvalue weighted by molar-refractivity contribution is 5.87. The van der Waals surface area contributed by atoms with Gasteiger partial charge in [0, 0.05) is 6.20 Å². The SMILES string of the molecule is O=C(OCc1cc(F)cc(C(F)(F)F)c1)c1ccc[nH]1. The number of aromatic nitrogens is 1. The third kappa shape index (κ3) is 3.37. The van der Waals surface area contributed by atoms with Crippen LogP contribution in [0.1, 0.15) is 21.6 Å². The summed E-state index contributed by atoms with van der Waals surface area (Å²) < 4.78 is 55.4. The highest BCUT2D eigenvalue weighted by Gasteiger charge is 2.31. The van der Waals surface area contributed by atoms with Gasteiger partial charge in [-0.15, -0.1) is 0 Å². The van der Waals surface area contributed by atoms with E-state index in [1.165, 1.54) is 12.3 Å². The van der Waals surface area contributed by atoms with Crippen molar-refractivity contribution in [2.24, 2.45) is 0 Å². The number of ether oxygens (including phenoxy) is 1. The van der Waals surface area contributed by atoms with Crippen molar-refractivity contribution in [1.29, 1.82) is 0 Å². The minimum Gasteiger partial charge on any atom is -0.456 e. The van der Waals surface area contributed by atoms with Crippen LogP contribution < -0.4 is 0 Å². The number of halogens is 4. The number of aromatic amines is 1. The zero-order chi connectivity index (χ0) is 14.8. The van der Waals surface area contributed by atoms with Crippen LogP contribution in [0.15, 0.2) is 36.5 Å². The van der Waals surface area contributed by atoms with Gasteiger partial charge in [0.2, 0.25) is 0 Å². The van der Waals surface area contributed by atoms with E-state index in [0.717, 1.165) is 12.1 Å². The van der Waals surface area contributed by atoms with Crippen molar-refractivity contribution in [3.05, 3.63) is 59.2 Å². The molecule has 0 spiro atoms. The minimum atomic E-state index is -4.65. The number of benzene rings is 1. The molecule has 3 nitrogen and oxygen atoms in total. The lowest BCUT2D eigenvalue weighted by Crippen LogP contribution is -2.09. The van der Waals surface area contributed by atoms with Gasteiger partial charge in [-0.1, -0.05) is 0 Å². The Bertz CT molecular complexity index is 605. The Labute approximate surface area is 111 Å². The molecular weight excluding hydrogens is 278 g/mol. The van der Waals surface area contributed by atoms with Crippen LogP contribution in [0.5, 0.6) is 0 Å². The zero-order valence-corrected chi connectivity index (χ0v) is 10.00. The number of carbonyl (C=O) groups is 1. The number of alkyl halides is 3. The Morgan fingerprint density at radius 3 is 2.60 bits per heavy atom. The molecule has 0 atom stereocenters. The normalized spacial score (nSPS) is 11.4. The summed E-state index contributed by atoms with van der Waals surface area (Å²) >= 11 is 0. The molecule has 1 N–H and O–H groups in total. The van der Waals surface area contributed by atoms with Crippen LogP contribution >= 0.6 is 0 Å². The van der Waals surface area contributed by atoms with Gasteiger partial charge >= 0.3 is 12.1 Å². The van der Waals surface area contributed by atoms with E-state index in [4.69, 9.17) is 4.74 Å². The molecule has 1 aromatic heterocycles. The van der Waals surface area contributed by atoms with E-state index >= 15 is 0 Å². The maximum absolute atomic E-state index is 13.1. The summed E-state index contributed by atoms with van der Waals surface area (Å²) in [7, 11) is 0. The van der Waals surface area contributed by atoms with Crippen LogP contribution in [0.4, 0.5) is 17.6 Å². The monoisotopic (exact) mass is 287 g/mol. The highest BCUT2D eigenvalue weighted by atomic mass is 19.4. The first-order valence-electron chi connectivity index (χ1n) is 5.53. The van der Waals surface area contributed by atoms with Crippen LogP contribution in [0.25, 0.3) is 0 Å². The summed E-state index contributed by atoms with van der Waals surface area (Å²) in [6, 6.07) is 5.04. The lowest BCUT2D eigenvalue weighted by Gasteiger charge is -2.09. The Balaban J connectivity index is 2.10. The average Bonchev–Trinajstić information content (AvgIpc) is 2.88. The van der Waals surface area contributed by atoms with Crippen molar-refractivity contribution in [1.82, 2.24) is 4.98 Å². The van der Waals surface area contributed by atoms with Gasteiger partial charge in [0.05, 0.1) is 5.56 Å². The first-order valence-corrected chi connectivity index (χ1v) is 5.53. The molecule has 7 heteroatoms. The molecule has 0 aliphatic heterocycles. The summed E-state index contributed by atoms with van der Waals surface area (Å²) in [5.41, 5.74) is -1.03. The summed E-state index contributed by atoms with van der Waals surface area (Å²) in [4.78, 5) is 14.1. The second-order valence-electron chi connectivity index (χ2n) is 4.01. The van der Waals surface area contributed by atoms with E-state index in [0.29, 0.717) is 6.07 Å². The average molecular weight is 287 g/mol. The second-order valence-corrected chi connectivity index (χ2v) is 4.01. The molecule has 106 valence electrons. The van der Waals surface area contributed by atoms with Gasteiger partial charge in [-0.05, 0) is 35.9 Å². The van der Waals surface area contributed by atoms with E-state index in [1.54, 1.807) is 6.07 Å². The third-order valence-electron chi connectivity index (χ3n) is 2.47. The Morgan fingerprint density at radius 1 is 1.25 bits per heavy atom. The molecule has 0 bridgehead atoms. The molecule has 0 radical (unpaired) electrons. The van der Waals surface area contributed by atoms with Gasteiger partial charge in [0.1, 0.15) is 18.1 Å². The van der Waals surface area contributed by atoms with Gasteiger partial charge < -0.3 is 9.72 Å². The number of hydrogen-bond acceptors (Lipinski definition) is 2. The molecule has 0 aliphatic carbocycles. The number of nitrogens with one attached hydrogen (secondary N) is 1. The largest absolute Gasteiger partial charge is 0.456 e. The van der Waals surface area contributed by atoms with E-state index in [1.807, 2.05) is 0 Å². The van der Waals surface area contributed by atoms with Crippen molar-refractivity contribution in [2.45, 2.75) is 12.8 Å². The van der Waals surface area contributed by atoms with Crippen LogP contribution in [-0.4, -0.2) is 11.0 Å². The summed E-state index contributed by atoms with van der Waals surface area (Å²) in [5.74, 6) is -1.77. The molecule has 0 unspecified atom stereocenters. The van der Waals surface area contributed by atoms with E-state index in [-0.39, 0.29) is 11.3 Å². The number of esters is 1. The summed E-state index contributed by atoms with van der Waals surface area (Å²) in [6.07, 6.45) is -3.15. The first-order chi connectivity index (χ1) is 9.36. The fourth-order valence-corrected chi connectivity index (χ4v) is 1.58. The van der Waals surface area contributed by atoms with Crippen LogP contribution in [0.2, 0.25) is 0 Å². The molecule has 0 aliphatic rings. The van der Waals surface area contributed by atoms with Crippen molar-refractivity contribution in [3.8, 4) is 0 Å². The van der Waals surface area contributed by atoms with Crippen LogP contribution in [0.3, 0.4) is 0 Å². The maximum atomic E-state index is 13.1. The second kappa shape index (κ2) is 5.36. The number of rotatable bonds is 3. The van der Waals surface area contributed by atoms with Gasteiger partial charge in [-0.2, -0.15) is 13.2 Å². The molecule has 0 amide bonds. The van der Waals surface area contributed by atoms with E-state index in [2.05, 4.69) is 4.98 Å². The number of H-pyrrole nitrogens is 1. The van der Waals surface area contributed by atoms with Crippen LogP contribution in [0, 0.1) is 5.82 Å². The predicted octanol–water partition coefficient (Wildman–Crippen LogP) is 3.53. The van der Waals surface area contributed by atoms with E-state index < -0.39 is 30.1 Å². The maximum Gasteiger partial charge on any atom is 0.416 e. The van der Waals surface area contributed by atoms with Gasteiger partial charge in [-0.25, -0.2) is 9.18 Å². The standard InChI is InChI=1S/C13H9F4NO2/c14-10-5-8(4-9(6-10)13(15,16)17)7-20-12(19)11-2-1-3-18-11/h1-6,18H,7H2. The Hall–Kier alpha value is -2.31. The highest BCUT2D eigenvalue weighted by Crippen LogP contribution is 2.30. The molecule has 0 fully saturated rings. The Kier molecular flexibility index (Phi) is 3.78. The van der Waals surface area contributed by atoms with Gasteiger partial charge in [0.15, 0.2) is 0 Å². The van der Waals surface area contributed by atoms with Crippen molar-refractivity contribution in [2.75, 3.05) is 0 Å². The molecule has 0 saturated carbocycles. The lowest BCUT2D eigenvalue weighted by atomic mass is 10.1. The summed E-state index contributed by atoms with van der Waals surface area (Å²) in [6.45, 7) is -0.446. The number of carbonyl (C=O) groups excluding carboxylic acids is 1. The smallest absolute Gasteiger partial charge is 0.416 e. The van der Waals surface area contributed by atoms with Gasteiger partial charge in [0.25, 0.3) is 0 Å². The minimum absolute atomic E-state index is 0.0720. The molecule has 1 aromatic carbocycles. The molecular formula is C13H9F4NO2. The topological polar surface area (TPSA) is 42.1 Å². The van der Waals surface area contributed by atoms with Gasteiger partial charge in [-0.3, -0.25) is 0 Å². The fourth-order valence-electron chi connectivity index (χ4n) is 1.58. The zero-order valence-electron chi connectivity index (χ0n) is 10.00. The third-order valence-corrected chi connectivity index (χ3v) is 2.47. The predicted molar refractivity (Wildman–Crippen MR) is 61.3 cm³/mol. The first kappa shape index (κ1) is 14.1. The fraction of sp³-hybridized carbons (Fsp3) is 0.154. The molecule has 20 heavy (non-hydrogen) atoms. The molecule has 2 rings (SSSR count). The quantitative estimate of drug-likeness (QED) is 0.693. The van der Waals surface area contributed by atoms with Crippen molar-refractivity contribution < 1.29 is 27.1 Å². The molecule has 0 saturated heterocycles. The van der Waals surface area contributed by atoms with Crippen LogP contribution in [-0.2, 0) is 17.5 Å². The van der Waals surface area contributed by atoms with E-state index in [9.17, 15) is 22.4 Å². The summed E-state index contributed by atoms with van der Waals surface area (Å²) in [5, 5.41) is 0. The van der Waals surface area contributed by atoms with Crippen molar-refractivity contribution >= 4 is 5.97 Å². The molecule has 2 aromatic rings. The Morgan fingerprint density at radius 2 is 2.00 bits per heavy atom. The lowest BCUT2D eigenvalue weighted by molar-refractivity contribution is -0.137. The van der Waals surface area contributed by atoms with Crippen molar-refractivity contribution in [3.63, 3.8) is 0 Å².